The highest BCUT2D eigenvalue weighted by molar-refractivity contribution is 5.48. The summed E-state index contributed by atoms with van der Waals surface area (Å²) < 4.78 is 0. The summed E-state index contributed by atoms with van der Waals surface area (Å²) in [4.78, 5) is 7.07. The lowest BCUT2D eigenvalue weighted by atomic mass is 9.91. The molecule has 1 aliphatic rings. The summed E-state index contributed by atoms with van der Waals surface area (Å²) >= 11 is 0. The minimum Gasteiger partial charge on any atom is -0.353 e. The van der Waals surface area contributed by atoms with E-state index in [0.29, 0.717) is 6.04 Å². The van der Waals surface area contributed by atoms with Crippen LogP contribution in [0.1, 0.15) is 39.2 Å². The van der Waals surface area contributed by atoms with Gasteiger partial charge in [0, 0.05) is 24.8 Å². The van der Waals surface area contributed by atoms with E-state index in [9.17, 15) is 0 Å². The second-order valence-electron chi connectivity index (χ2n) is 5.72. The lowest BCUT2D eigenvalue weighted by molar-refractivity contribution is 0.361. The topological polar surface area (TPSA) is 42.1 Å². The van der Waals surface area contributed by atoms with E-state index in [0.717, 1.165) is 24.7 Å². The third kappa shape index (κ3) is 2.83. The van der Waals surface area contributed by atoms with Gasteiger partial charge in [0.1, 0.15) is 5.82 Å². The number of nitrogens with zero attached hydrogens (tertiary/aromatic N) is 2. The van der Waals surface area contributed by atoms with E-state index >= 15 is 0 Å². The Morgan fingerprint density at radius 1 is 1.50 bits per heavy atom. The second-order valence-corrected chi connectivity index (χ2v) is 5.72. The Kier molecular flexibility index (Phi) is 4.23. The molecular weight excluding hydrogens is 222 g/mol. The first-order chi connectivity index (χ1) is 8.59. The number of pyridine rings is 1. The Bertz CT molecular complexity index is 389. The highest BCUT2D eigenvalue weighted by atomic mass is 15.2. The van der Waals surface area contributed by atoms with Crippen LogP contribution < -0.4 is 10.6 Å². The van der Waals surface area contributed by atoms with Crippen molar-refractivity contribution in [3.8, 4) is 0 Å². The largest absolute Gasteiger partial charge is 0.353 e. The quantitative estimate of drug-likeness (QED) is 0.892. The van der Waals surface area contributed by atoms with Gasteiger partial charge >= 0.3 is 0 Å². The number of rotatable bonds is 3. The van der Waals surface area contributed by atoms with Crippen LogP contribution >= 0.6 is 0 Å². The molecule has 0 aliphatic carbocycles. The predicted molar refractivity (Wildman–Crippen MR) is 76.8 cm³/mol. The maximum absolute atomic E-state index is 5.94. The maximum Gasteiger partial charge on any atom is 0.132 e. The van der Waals surface area contributed by atoms with Gasteiger partial charge in [-0.1, -0.05) is 13.0 Å². The summed E-state index contributed by atoms with van der Waals surface area (Å²) in [6.45, 7) is 7.83. The second kappa shape index (κ2) is 5.70. The van der Waals surface area contributed by atoms with E-state index in [4.69, 9.17) is 5.73 Å². The molecule has 3 heteroatoms. The highest BCUT2D eigenvalue weighted by Crippen LogP contribution is 2.29. The van der Waals surface area contributed by atoms with E-state index in [2.05, 4.69) is 36.7 Å². The number of anilines is 1. The van der Waals surface area contributed by atoms with E-state index in [1.165, 1.54) is 18.4 Å². The number of piperidine rings is 1. The van der Waals surface area contributed by atoms with Gasteiger partial charge in [0.2, 0.25) is 0 Å². The maximum atomic E-state index is 5.94. The van der Waals surface area contributed by atoms with Crippen molar-refractivity contribution in [3.05, 3.63) is 23.9 Å². The molecule has 3 atom stereocenters. The van der Waals surface area contributed by atoms with Gasteiger partial charge < -0.3 is 10.6 Å². The molecule has 1 aromatic heterocycles. The van der Waals surface area contributed by atoms with Gasteiger partial charge in [0.25, 0.3) is 0 Å². The van der Waals surface area contributed by atoms with Crippen LogP contribution in [-0.4, -0.2) is 23.6 Å². The number of nitrogens with two attached hydrogens (primary N) is 1. The zero-order chi connectivity index (χ0) is 13.1. The molecule has 2 N–H and O–H groups in total. The summed E-state index contributed by atoms with van der Waals surface area (Å²) in [5, 5.41) is 0. The predicted octanol–water partition coefficient (Wildman–Crippen LogP) is 2.60. The van der Waals surface area contributed by atoms with Gasteiger partial charge in [-0.2, -0.15) is 0 Å². The van der Waals surface area contributed by atoms with Gasteiger partial charge in [0.05, 0.1) is 0 Å². The highest BCUT2D eigenvalue weighted by Gasteiger charge is 2.27. The van der Waals surface area contributed by atoms with Crippen LogP contribution in [0.3, 0.4) is 0 Å². The van der Waals surface area contributed by atoms with E-state index < -0.39 is 0 Å². The summed E-state index contributed by atoms with van der Waals surface area (Å²) in [6.07, 6.45) is 5.39. The SMILES string of the molecule is CC(N)Cc1cccnc1N1CCCC(C)C1C. The Morgan fingerprint density at radius 3 is 3.00 bits per heavy atom. The molecule has 18 heavy (non-hydrogen) atoms. The van der Waals surface area contributed by atoms with Crippen molar-refractivity contribution in [2.75, 3.05) is 11.4 Å². The van der Waals surface area contributed by atoms with Gasteiger partial charge in [-0.15, -0.1) is 0 Å². The molecule has 1 aromatic rings. The zero-order valence-electron chi connectivity index (χ0n) is 11.8. The van der Waals surface area contributed by atoms with Crippen LogP contribution in [0, 0.1) is 5.92 Å². The molecule has 0 spiro atoms. The molecule has 3 nitrogen and oxygen atoms in total. The Labute approximate surface area is 110 Å². The number of hydrogen-bond donors (Lipinski definition) is 1. The van der Waals surface area contributed by atoms with Gasteiger partial charge in [-0.25, -0.2) is 4.98 Å². The van der Waals surface area contributed by atoms with E-state index in [-0.39, 0.29) is 6.04 Å². The van der Waals surface area contributed by atoms with Crippen LogP contribution in [-0.2, 0) is 6.42 Å². The lowest BCUT2D eigenvalue weighted by Crippen LogP contribution is -2.43. The standard InChI is InChI=1S/C15H25N3/c1-11-6-5-9-18(13(11)3)15-14(10-12(2)16)7-4-8-17-15/h4,7-8,11-13H,5-6,9-10,16H2,1-3H3. The van der Waals surface area contributed by atoms with Crippen molar-refractivity contribution >= 4 is 5.82 Å². The molecule has 100 valence electrons. The van der Waals surface area contributed by atoms with Crippen molar-refractivity contribution in [3.63, 3.8) is 0 Å². The molecule has 1 aliphatic heterocycles. The molecule has 1 fully saturated rings. The Morgan fingerprint density at radius 2 is 2.28 bits per heavy atom. The molecule has 2 heterocycles. The number of aromatic nitrogens is 1. The van der Waals surface area contributed by atoms with Crippen molar-refractivity contribution < 1.29 is 0 Å². The average molecular weight is 247 g/mol. The summed E-state index contributed by atoms with van der Waals surface area (Å²) in [5.74, 6) is 1.89. The summed E-state index contributed by atoms with van der Waals surface area (Å²) in [6, 6.07) is 4.93. The Balaban J connectivity index is 2.26. The molecule has 1 saturated heterocycles. The summed E-state index contributed by atoms with van der Waals surface area (Å²) in [5.41, 5.74) is 7.22. The van der Waals surface area contributed by atoms with Crippen LogP contribution in [0.15, 0.2) is 18.3 Å². The van der Waals surface area contributed by atoms with Gasteiger partial charge in [-0.05, 0) is 50.7 Å². The molecule has 0 bridgehead atoms. The third-order valence-corrected chi connectivity index (χ3v) is 4.06. The monoisotopic (exact) mass is 247 g/mol. The molecule has 0 amide bonds. The van der Waals surface area contributed by atoms with Crippen LogP contribution in [0.2, 0.25) is 0 Å². The first-order valence-corrected chi connectivity index (χ1v) is 7.05. The van der Waals surface area contributed by atoms with E-state index in [1.807, 2.05) is 12.3 Å². The fourth-order valence-electron chi connectivity index (χ4n) is 2.83. The van der Waals surface area contributed by atoms with Crippen LogP contribution in [0.25, 0.3) is 0 Å². The fourth-order valence-corrected chi connectivity index (χ4v) is 2.83. The van der Waals surface area contributed by atoms with Gasteiger partial charge in [0.15, 0.2) is 0 Å². The van der Waals surface area contributed by atoms with Crippen molar-refractivity contribution in [2.24, 2.45) is 11.7 Å². The van der Waals surface area contributed by atoms with Crippen molar-refractivity contribution in [1.29, 1.82) is 0 Å². The van der Waals surface area contributed by atoms with Crippen molar-refractivity contribution in [1.82, 2.24) is 4.98 Å². The normalized spacial score (nSPS) is 26.1. The molecule has 0 radical (unpaired) electrons. The van der Waals surface area contributed by atoms with E-state index in [1.54, 1.807) is 0 Å². The summed E-state index contributed by atoms with van der Waals surface area (Å²) in [7, 11) is 0. The number of hydrogen-bond acceptors (Lipinski definition) is 3. The Hall–Kier alpha value is -1.09. The molecule has 3 unspecified atom stereocenters. The molecular formula is C15H25N3. The van der Waals surface area contributed by atoms with Crippen LogP contribution in [0.4, 0.5) is 5.82 Å². The van der Waals surface area contributed by atoms with Crippen molar-refractivity contribution in [2.45, 2.75) is 52.1 Å². The lowest BCUT2D eigenvalue weighted by Gasteiger charge is -2.39. The smallest absolute Gasteiger partial charge is 0.132 e. The van der Waals surface area contributed by atoms with Crippen LogP contribution in [0.5, 0.6) is 0 Å². The molecule has 0 saturated carbocycles. The zero-order valence-corrected chi connectivity index (χ0v) is 11.8. The minimum atomic E-state index is 0.186. The first kappa shape index (κ1) is 13.3. The molecule has 0 aromatic carbocycles. The third-order valence-electron chi connectivity index (χ3n) is 4.06. The fraction of sp³-hybridized carbons (Fsp3) is 0.667. The minimum absolute atomic E-state index is 0.186. The first-order valence-electron chi connectivity index (χ1n) is 7.05. The van der Waals surface area contributed by atoms with Gasteiger partial charge in [-0.3, -0.25) is 0 Å². The average Bonchev–Trinajstić information content (AvgIpc) is 2.33. The molecule has 2 rings (SSSR count).